The van der Waals surface area contributed by atoms with Crippen molar-refractivity contribution >= 4 is 66.4 Å². The van der Waals surface area contributed by atoms with E-state index in [0.29, 0.717) is 9.90 Å². The zero-order valence-corrected chi connectivity index (χ0v) is 20.6. The average molecular weight is 555 g/mol. The molecule has 0 aliphatic heterocycles. The summed E-state index contributed by atoms with van der Waals surface area (Å²) in [6.45, 7) is 0. The summed E-state index contributed by atoms with van der Waals surface area (Å²) in [5, 5.41) is 0.0694. The van der Waals surface area contributed by atoms with E-state index in [2.05, 4.69) is 14.7 Å². The topological polar surface area (TPSA) is 168 Å². The van der Waals surface area contributed by atoms with Crippen LogP contribution in [0.2, 0.25) is 4.34 Å². The van der Waals surface area contributed by atoms with Crippen molar-refractivity contribution in [2.75, 3.05) is 10.5 Å². The van der Waals surface area contributed by atoms with Gasteiger partial charge in [0, 0.05) is 18.3 Å². The van der Waals surface area contributed by atoms with Crippen molar-refractivity contribution in [2.24, 2.45) is 0 Å². The van der Waals surface area contributed by atoms with Crippen LogP contribution < -0.4 is 16.0 Å². The number of H-pyrrole nitrogens is 1. The second-order valence-corrected chi connectivity index (χ2v) is 11.9. The molecule has 0 saturated carbocycles. The second-order valence-electron chi connectivity index (χ2n) is 7.24. The molecular formula is C20H15ClN4O7S3. The fraction of sp³-hybridized carbons (Fsp3) is 0.100. The Morgan fingerprint density at radius 2 is 1.97 bits per heavy atom. The molecule has 0 bridgehead atoms. The van der Waals surface area contributed by atoms with E-state index in [0.717, 1.165) is 15.9 Å². The van der Waals surface area contributed by atoms with Gasteiger partial charge in [-0.15, -0.1) is 11.3 Å². The average Bonchev–Trinajstić information content (AvgIpc) is 3.22. The highest BCUT2D eigenvalue weighted by Crippen LogP contribution is 2.26. The fourth-order valence-electron chi connectivity index (χ4n) is 3.27. The minimum absolute atomic E-state index is 0.00261. The molecule has 1 unspecified atom stereocenters. The lowest BCUT2D eigenvalue weighted by atomic mass is 10.1. The van der Waals surface area contributed by atoms with E-state index >= 15 is 0 Å². The number of aromatic nitrogens is 3. The molecule has 35 heavy (non-hydrogen) atoms. The number of benzene rings is 1. The smallest absolute Gasteiger partial charge is 0.306 e. The Balaban J connectivity index is 1.58. The minimum Gasteiger partial charge on any atom is -0.306 e. The highest BCUT2D eigenvalue weighted by molar-refractivity contribution is 7.94. The molecule has 11 nitrogen and oxygen atoms in total. The number of carbonyl (C=O) groups excluding carboxylic acids is 1. The van der Waals surface area contributed by atoms with E-state index in [-0.39, 0.29) is 33.0 Å². The van der Waals surface area contributed by atoms with Gasteiger partial charge in [-0.3, -0.25) is 18.9 Å². The number of sulfone groups is 1. The highest BCUT2D eigenvalue weighted by atomic mass is 35.5. The number of pyridine rings is 1. The first-order valence-electron chi connectivity index (χ1n) is 9.65. The predicted molar refractivity (Wildman–Crippen MR) is 132 cm³/mol. The van der Waals surface area contributed by atoms with E-state index in [1.54, 1.807) is 0 Å². The minimum atomic E-state index is -3.82. The maximum Gasteiger partial charge on any atom is 0.334 e. The van der Waals surface area contributed by atoms with E-state index < -0.39 is 43.9 Å². The monoisotopic (exact) mass is 554 g/mol. The van der Waals surface area contributed by atoms with Gasteiger partial charge in [0.2, 0.25) is 0 Å². The number of halogens is 1. The van der Waals surface area contributed by atoms with Crippen LogP contribution in [0.5, 0.6) is 0 Å². The van der Waals surface area contributed by atoms with Crippen molar-refractivity contribution in [2.45, 2.75) is 10.6 Å². The number of carbonyl (C=O) groups is 1. The van der Waals surface area contributed by atoms with E-state index in [9.17, 15) is 27.0 Å². The number of Topliss-reactive ketones (excluding diaryl/α,β-unsaturated/α-hetero) is 1. The molecule has 15 heteroatoms. The molecule has 182 valence electrons. The quantitative estimate of drug-likeness (QED) is 0.277. The SMILES string of the molecule is O=C(Cc1ccc(-n2c(=O)[nH]c3ccc(NS(=O)O)cc3c2=O)nc1)CS(=O)(=O)c1ccc(Cl)s1. The molecule has 0 saturated heterocycles. The summed E-state index contributed by atoms with van der Waals surface area (Å²) in [6.07, 6.45) is 1.05. The van der Waals surface area contributed by atoms with Crippen LogP contribution in [-0.4, -0.2) is 43.3 Å². The van der Waals surface area contributed by atoms with E-state index in [4.69, 9.17) is 16.2 Å². The molecule has 0 fully saturated rings. The number of nitrogens with zero attached hydrogens (tertiary/aromatic N) is 2. The van der Waals surface area contributed by atoms with E-state index in [1.165, 1.54) is 48.7 Å². The summed E-state index contributed by atoms with van der Waals surface area (Å²) < 4.78 is 48.0. The molecule has 4 rings (SSSR count). The summed E-state index contributed by atoms with van der Waals surface area (Å²) in [5.74, 6) is -1.30. The number of hydrogen-bond acceptors (Lipinski definition) is 8. The van der Waals surface area contributed by atoms with Gasteiger partial charge in [-0.1, -0.05) is 17.7 Å². The summed E-state index contributed by atoms with van der Waals surface area (Å²) in [6, 6.07) is 9.74. The van der Waals surface area contributed by atoms with E-state index in [1.807, 2.05) is 0 Å². The molecule has 0 aliphatic rings. The van der Waals surface area contributed by atoms with Crippen LogP contribution in [0.15, 0.2) is 62.5 Å². The van der Waals surface area contributed by atoms with Crippen LogP contribution in [0.3, 0.4) is 0 Å². The summed E-state index contributed by atoms with van der Waals surface area (Å²) in [4.78, 5) is 44.4. The molecule has 1 atom stereocenters. The zero-order chi connectivity index (χ0) is 25.3. The van der Waals surface area contributed by atoms with Crippen LogP contribution in [0.1, 0.15) is 5.56 Å². The third kappa shape index (κ3) is 5.57. The van der Waals surface area contributed by atoms with Crippen LogP contribution in [0.4, 0.5) is 5.69 Å². The largest absolute Gasteiger partial charge is 0.334 e. The van der Waals surface area contributed by atoms with Gasteiger partial charge in [-0.2, -0.15) is 0 Å². The Bertz CT molecular complexity index is 1690. The van der Waals surface area contributed by atoms with Gasteiger partial charge in [-0.25, -0.2) is 27.0 Å². The summed E-state index contributed by atoms with van der Waals surface area (Å²) in [5.41, 5.74) is -0.670. The van der Waals surface area contributed by atoms with Gasteiger partial charge < -0.3 is 4.98 Å². The van der Waals surface area contributed by atoms with Gasteiger partial charge in [0.25, 0.3) is 16.8 Å². The normalized spacial score (nSPS) is 12.5. The first-order chi connectivity index (χ1) is 16.5. The fourth-order valence-corrected chi connectivity index (χ4v) is 6.41. The van der Waals surface area contributed by atoms with Crippen LogP contribution in [0.25, 0.3) is 16.7 Å². The summed E-state index contributed by atoms with van der Waals surface area (Å²) >= 11 is 4.28. The second kappa shape index (κ2) is 9.83. The number of fused-ring (bicyclic) bond motifs is 1. The first-order valence-corrected chi connectivity index (χ1v) is 13.6. The molecule has 0 aliphatic carbocycles. The highest BCUT2D eigenvalue weighted by Gasteiger charge is 2.21. The Hall–Kier alpha value is -3.17. The van der Waals surface area contributed by atoms with Gasteiger partial charge in [0.15, 0.2) is 15.6 Å². The van der Waals surface area contributed by atoms with Crippen molar-refractivity contribution in [3.8, 4) is 5.82 Å². The number of nitrogens with one attached hydrogen (secondary N) is 2. The molecule has 4 aromatic rings. The standard InChI is InChI=1S/C20H15ClN4O7S3/c21-16-4-6-18(33-16)35(31,32)10-13(26)7-11-1-5-17(22-9-11)25-19(27)14-8-12(24-34(29)30)2-3-15(14)23-20(25)28/h1-6,8-9,24H,7,10H2,(H,23,28)(H,29,30). The Morgan fingerprint density at radius 3 is 2.60 bits per heavy atom. The first kappa shape index (κ1) is 24.9. The van der Waals surface area contributed by atoms with Gasteiger partial charge >= 0.3 is 5.69 Å². The number of aromatic amines is 1. The van der Waals surface area contributed by atoms with Crippen LogP contribution in [0, 0.1) is 0 Å². The maximum absolute atomic E-state index is 13.0. The molecule has 0 amide bonds. The number of anilines is 1. The number of thiophene rings is 1. The Kier molecular flexibility index (Phi) is 7.00. The van der Waals surface area contributed by atoms with Crippen LogP contribution in [-0.2, 0) is 32.3 Å². The van der Waals surface area contributed by atoms with Gasteiger partial charge in [0.1, 0.15) is 15.8 Å². The van der Waals surface area contributed by atoms with Crippen molar-refractivity contribution in [1.82, 2.24) is 14.5 Å². The lowest BCUT2D eigenvalue weighted by Crippen LogP contribution is -2.34. The van der Waals surface area contributed by atoms with Crippen molar-refractivity contribution in [3.63, 3.8) is 0 Å². The van der Waals surface area contributed by atoms with Crippen LogP contribution >= 0.6 is 22.9 Å². The number of rotatable bonds is 8. The zero-order valence-electron chi connectivity index (χ0n) is 17.4. The lowest BCUT2D eigenvalue weighted by Gasteiger charge is -2.08. The third-order valence-corrected chi connectivity index (χ3v) is 8.65. The molecule has 3 heterocycles. The molecular weight excluding hydrogens is 540 g/mol. The maximum atomic E-state index is 13.0. The molecule has 1 aromatic carbocycles. The molecule has 0 radical (unpaired) electrons. The Labute approximate surface area is 208 Å². The third-order valence-electron chi connectivity index (χ3n) is 4.75. The predicted octanol–water partition coefficient (Wildman–Crippen LogP) is 1.92. The molecule has 3 aromatic heterocycles. The van der Waals surface area contributed by atoms with Crippen molar-refractivity contribution in [1.29, 1.82) is 0 Å². The lowest BCUT2D eigenvalue weighted by molar-refractivity contribution is -0.116. The summed E-state index contributed by atoms with van der Waals surface area (Å²) in [7, 11) is -3.82. The number of ketones is 1. The Morgan fingerprint density at radius 1 is 1.20 bits per heavy atom. The van der Waals surface area contributed by atoms with Crippen molar-refractivity contribution in [3.05, 3.63) is 79.4 Å². The molecule has 3 N–H and O–H groups in total. The van der Waals surface area contributed by atoms with Gasteiger partial charge in [-0.05, 0) is 42.0 Å². The molecule has 0 spiro atoms. The van der Waals surface area contributed by atoms with Gasteiger partial charge in [0.05, 0.1) is 15.2 Å². The number of hydrogen-bond donors (Lipinski definition) is 3. The van der Waals surface area contributed by atoms with Crippen molar-refractivity contribution < 1.29 is 22.0 Å².